The van der Waals surface area contributed by atoms with Crippen molar-refractivity contribution in [3.63, 3.8) is 0 Å². The van der Waals surface area contributed by atoms with Gasteiger partial charge in [0.05, 0.1) is 12.2 Å². The normalized spacial score (nSPS) is 10.0. The molecular weight excluding hydrogens is 292 g/mol. The molecule has 1 aromatic carbocycles. The van der Waals surface area contributed by atoms with Crippen LogP contribution >= 0.6 is 0 Å². The first kappa shape index (κ1) is 16.5. The summed E-state index contributed by atoms with van der Waals surface area (Å²) in [6, 6.07) is 10.7. The van der Waals surface area contributed by atoms with Gasteiger partial charge in [-0.05, 0) is 36.8 Å². The lowest BCUT2D eigenvalue weighted by Gasteiger charge is -2.12. The molecule has 1 aromatic heterocycles. The third-order valence-electron chi connectivity index (χ3n) is 3.18. The van der Waals surface area contributed by atoms with Crippen LogP contribution in [0.4, 0.5) is 10.5 Å². The van der Waals surface area contributed by atoms with Crippen molar-refractivity contribution in [2.24, 2.45) is 0 Å². The van der Waals surface area contributed by atoms with E-state index in [4.69, 9.17) is 0 Å². The molecule has 0 fully saturated rings. The van der Waals surface area contributed by atoms with Gasteiger partial charge < -0.3 is 15.5 Å². The maximum absolute atomic E-state index is 12.3. The van der Waals surface area contributed by atoms with Gasteiger partial charge >= 0.3 is 6.03 Å². The Morgan fingerprint density at radius 2 is 1.96 bits per heavy atom. The van der Waals surface area contributed by atoms with E-state index in [1.54, 1.807) is 32.4 Å². The zero-order chi connectivity index (χ0) is 16.8. The molecule has 0 radical (unpaired) electrons. The molecule has 0 aliphatic carbocycles. The van der Waals surface area contributed by atoms with Crippen LogP contribution < -0.4 is 10.6 Å². The van der Waals surface area contributed by atoms with Crippen molar-refractivity contribution in [2.45, 2.75) is 13.5 Å². The zero-order valence-corrected chi connectivity index (χ0v) is 13.5. The Balaban J connectivity index is 2.04. The lowest BCUT2D eigenvalue weighted by molar-refractivity contribution is 0.102. The summed E-state index contributed by atoms with van der Waals surface area (Å²) in [5.41, 5.74) is 2.94. The molecule has 0 bridgehead atoms. The Morgan fingerprint density at radius 1 is 1.17 bits per heavy atom. The number of carbonyl (C=O) groups is 2. The summed E-state index contributed by atoms with van der Waals surface area (Å²) in [6.07, 6.45) is 1.56. The number of rotatable bonds is 4. The van der Waals surface area contributed by atoms with E-state index >= 15 is 0 Å². The molecule has 2 aromatic rings. The SMILES string of the molecule is Cc1cccc(NC(=O)c2ccnc(CNC(=O)N(C)C)c2)c1. The van der Waals surface area contributed by atoms with Crippen molar-refractivity contribution < 1.29 is 9.59 Å². The minimum atomic E-state index is -0.210. The maximum Gasteiger partial charge on any atom is 0.317 e. The molecule has 2 rings (SSSR count). The fourth-order valence-electron chi connectivity index (χ4n) is 1.97. The van der Waals surface area contributed by atoms with E-state index in [2.05, 4.69) is 15.6 Å². The lowest BCUT2D eigenvalue weighted by atomic mass is 10.2. The molecule has 0 spiro atoms. The smallest absolute Gasteiger partial charge is 0.317 e. The molecular formula is C17H20N4O2. The summed E-state index contributed by atoms with van der Waals surface area (Å²) >= 11 is 0. The van der Waals surface area contributed by atoms with E-state index in [-0.39, 0.29) is 18.5 Å². The number of aromatic nitrogens is 1. The molecule has 23 heavy (non-hydrogen) atoms. The average Bonchev–Trinajstić information content (AvgIpc) is 2.52. The van der Waals surface area contributed by atoms with Crippen molar-refractivity contribution in [2.75, 3.05) is 19.4 Å². The first-order chi connectivity index (χ1) is 11.0. The second-order valence-electron chi connectivity index (χ2n) is 5.41. The molecule has 0 saturated carbocycles. The Bertz CT molecular complexity index is 713. The molecule has 6 nitrogen and oxygen atoms in total. The van der Waals surface area contributed by atoms with Crippen LogP contribution in [0.3, 0.4) is 0 Å². The highest BCUT2D eigenvalue weighted by Gasteiger charge is 2.09. The number of anilines is 1. The van der Waals surface area contributed by atoms with Gasteiger partial charge in [-0.25, -0.2) is 4.79 Å². The van der Waals surface area contributed by atoms with Gasteiger partial charge in [0.2, 0.25) is 0 Å². The molecule has 0 saturated heterocycles. The van der Waals surface area contributed by atoms with Gasteiger partial charge in [-0.1, -0.05) is 12.1 Å². The third kappa shape index (κ3) is 4.81. The van der Waals surface area contributed by atoms with Crippen molar-refractivity contribution in [1.82, 2.24) is 15.2 Å². The van der Waals surface area contributed by atoms with E-state index < -0.39 is 0 Å². The summed E-state index contributed by atoms with van der Waals surface area (Å²) in [5.74, 6) is -0.210. The number of benzene rings is 1. The highest BCUT2D eigenvalue weighted by Crippen LogP contribution is 2.12. The van der Waals surface area contributed by atoms with Gasteiger partial charge in [0.1, 0.15) is 0 Å². The summed E-state index contributed by atoms with van der Waals surface area (Å²) < 4.78 is 0. The van der Waals surface area contributed by atoms with Crippen molar-refractivity contribution >= 4 is 17.6 Å². The largest absolute Gasteiger partial charge is 0.332 e. The van der Waals surface area contributed by atoms with Crippen LogP contribution in [0.2, 0.25) is 0 Å². The van der Waals surface area contributed by atoms with Crippen molar-refractivity contribution in [3.05, 3.63) is 59.4 Å². The number of urea groups is 1. The molecule has 6 heteroatoms. The summed E-state index contributed by atoms with van der Waals surface area (Å²) in [4.78, 5) is 29.4. The van der Waals surface area contributed by atoms with E-state index in [0.717, 1.165) is 11.3 Å². The highest BCUT2D eigenvalue weighted by atomic mass is 16.2. The van der Waals surface area contributed by atoms with Gasteiger partial charge in [0, 0.05) is 31.5 Å². The number of carbonyl (C=O) groups excluding carboxylic acids is 2. The number of hydrogen-bond donors (Lipinski definition) is 2. The number of hydrogen-bond acceptors (Lipinski definition) is 3. The zero-order valence-electron chi connectivity index (χ0n) is 13.5. The van der Waals surface area contributed by atoms with Gasteiger partial charge in [-0.2, -0.15) is 0 Å². The second-order valence-corrected chi connectivity index (χ2v) is 5.41. The van der Waals surface area contributed by atoms with Crippen LogP contribution in [0.15, 0.2) is 42.6 Å². The molecule has 0 atom stereocenters. The number of pyridine rings is 1. The minimum absolute atomic E-state index is 0.207. The predicted octanol–water partition coefficient (Wildman–Crippen LogP) is 2.41. The fraction of sp³-hybridized carbons (Fsp3) is 0.235. The summed E-state index contributed by atoms with van der Waals surface area (Å²) in [6.45, 7) is 2.23. The molecule has 0 aliphatic rings. The van der Waals surface area contributed by atoms with E-state index in [1.807, 2.05) is 31.2 Å². The van der Waals surface area contributed by atoms with E-state index in [1.165, 1.54) is 4.90 Å². The number of nitrogens with zero attached hydrogens (tertiary/aromatic N) is 2. The summed E-state index contributed by atoms with van der Waals surface area (Å²) in [7, 11) is 3.32. The molecule has 3 amide bonds. The Morgan fingerprint density at radius 3 is 2.65 bits per heavy atom. The second kappa shape index (κ2) is 7.40. The monoisotopic (exact) mass is 312 g/mol. The quantitative estimate of drug-likeness (QED) is 0.910. The third-order valence-corrected chi connectivity index (χ3v) is 3.18. The van der Waals surface area contributed by atoms with Crippen molar-refractivity contribution in [1.29, 1.82) is 0 Å². The van der Waals surface area contributed by atoms with Crippen LogP contribution in [0.1, 0.15) is 21.6 Å². The Kier molecular flexibility index (Phi) is 5.30. The molecule has 1 heterocycles. The topological polar surface area (TPSA) is 74.3 Å². The van der Waals surface area contributed by atoms with Crippen LogP contribution in [0, 0.1) is 6.92 Å². The fourth-order valence-corrected chi connectivity index (χ4v) is 1.97. The van der Waals surface area contributed by atoms with Crippen LogP contribution in [-0.2, 0) is 6.54 Å². The van der Waals surface area contributed by atoms with Gasteiger partial charge in [0.25, 0.3) is 5.91 Å². The van der Waals surface area contributed by atoms with Crippen LogP contribution in [0.25, 0.3) is 0 Å². The summed E-state index contributed by atoms with van der Waals surface area (Å²) in [5, 5.41) is 5.56. The average molecular weight is 312 g/mol. The molecule has 0 unspecified atom stereocenters. The molecule has 120 valence electrons. The first-order valence-corrected chi connectivity index (χ1v) is 7.24. The van der Waals surface area contributed by atoms with Gasteiger partial charge in [-0.3, -0.25) is 9.78 Å². The van der Waals surface area contributed by atoms with Gasteiger partial charge in [-0.15, -0.1) is 0 Å². The van der Waals surface area contributed by atoms with Gasteiger partial charge in [0.15, 0.2) is 0 Å². The standard InChI is InChI=1S/C17H20N4O2/c1-12-5-4-6-14(9-12)20-16(22)13-7-8-18-15(10-13)11-19-17(23)21(2)3/h4-10H,11H2,1-3H3,(H,19,23)(H,20,22). The number of nitrogens with one attached hydrogen (secondary N) is 2. The Labute approximate surface area is 135 Å². The number of aryl methyl sites for hydroxylation is 1. The van der Waals surface area contributed by atoms with E-state index in [0.29, 0.717) is 11.3 Å². The predicted molar refractivity (Wildman–Crippen MR) is 89.3 cm³/mol. The van der Waals surface area contributed by atoms with Crippen LogP contribution in [0.5, 0.6) is 0 Å². The van der Waals surface area contributed by atoms with Crippen LogP contribution in [-0.4, -0.2) is 35.9 Å². The maximum atomic E-state index is 12.3. The van der Waals surface area contributed by atoms with E-state index in [9.17, 15) is 9.59 Å². The lowest BCUT2D eigenvalue weighted by Crippen LogP contribution is -2.34. The molecule has 0 aliphatic heterocycles. The first-order valence-electron chi connectivity index (χ1n) is 7.24. The number of amides is 3. The Hall–Kier alpha value is -2.89. The highest BCUT2D eigenvalue weighted by molar-refractivity contribution is 6.04. The van der Waals surface area contributed by atoms with Crippen molar-refractivity contribution in [3.8, 4) is 0 Å². The molecule has 2 N–H and O–H groups in total. The minimum Gasteiger partial charge on any atom is -0.332 e.